The van der Waals surface area contributed by atoms with E-state index in [1.165, 1.54) is 17.5 Å². The summed E-state index contributed by atoms with van der Waals surface area (Å²) in [5.74, 6) is 0.975. The van der Waals surface area contributed by atoms with E-state index in [0.717, 1.165) is 18.7 Å². The van der Waals surface area contributed by atoms with Crippen LogP contribution in [0, 0.1) is 13.8 Å². The number of aryl methyl sites for hydroxylation is 2. The van der Waals surface area contributed by atoms with Crippen molar-refractivity contribution in [2.75, 3.05) is 19.7 Å². The van der Waals surface area contributed by atoms with E-state index in [2.05, 4.69) is 30.5 Å². The van der Waals surface area contributed by atoms with E-state index in [-0.39, 0.29) is 18.3 Å². The molecule has 1 fully saturated rings. The van der Waals surface area contributed by atoms with Gasteiger partial charge in [-0.3, -0.25) is 4.79 Å². The van der Waals surface area contributed by atoms with E-state index in [4.69, 9.17) is 4.74 Å². The fraction of sp³-hybridized carbons (Fsp3) is 0.562. The van der Waals surface area contributed by atoms with Crippen LogP contribution in [0.15, 0.2) is 18.2 Å². The highest BCUT2D eigenvalue weighted by Gasteiger charge is 2.17. The number of hydrogen-bond donors (Lipinski definition) is 2. The Balaban J connectivity index is 0.00000220. The van der Waals surface area contributed by atoms with Crippen LogP contribution in [0.4, 0.5) is 0 Å². The molecule has 1 atom stereocenters. The lowest BCUT2D eigenvalue weighted by Crippen LogP contribution is -2.33. The molecule has 0 bridgehead atoms. The Hall–Kier alpha value is -1.26. The first-order valence-electron chi connectivity index (χ1n) is 7.34. The zero-order valence-electron chi connectivity index (χ0n) is 12.8. The Bertz CT molecular complexity index is 439. The maximum atomic E-state index is 11.7. The average Bonchev–Trinajstić information content (AvgIpc) is 2.86. The average molecular weight is 313 g/mol. The molecule has 1 unspecified atom stereocenters. The lowest BCUT2D eigenvalue weighted by Gasteiger charge is -2.11. The maximum absolute atomic E-state index is 11.7. The molecule has 21 heavy (non-hydrogen) atoms. The predicted molar refractivity (Wildman–Crippen MR) is 87.3 cm³/mol. The first-order chi connectivity index (χ1) is 9.63. The summed E-state index contributed by atoms with van der Waals surface area (Å²) in [7, 11) is 0. The zero-order chi connectivity index (χ0) is 14.4. The van der Waals surface area contributed by atoms with Crippen LogP contribution in [0.2, 0.25) is 0 Å². The minimum Gasteiger partial charge on any atom is -0.492 e. The third kappa shape index (κ3) is 6.36. The van der Waals surface area contributed by atoms with Crippen LogP contribution in [0.25, 0.3) is 0 Å². The molecule has 2 rings (SSSR count). The van der Waals surface area contributed by atoms with Crippen molar-refractivity contribution in [2.45, 2.75) is 39.2 Å². The normalized spacial score (nSPS) is 17.1. The second kappa shape index (κ2) is 8.90. The Morgan fingerprint density at radius 3 is 2.67 bits per heavy atom. The lowest BCUT2D eigenvalue weighted by molar-refractivity contribution is -0.121. The third-order valence-electron chi connectivity index (χ3n) is 3.48. The number of carbonyl (C=O) groups excluding carboxylic acids is 1. The van der Waals surface area contributed by atoms with Crippen LogP contribution in [0.5, 0.6) is 5.75 Å². The summed E-state index contributed by atoms with van der Waals surface area (Å²) < 4.78 is 5.66. The van der Waals surface area contributed by atoms with Crippen LogP contribution in [0.1, 0.15) is 30.4 Å². The number of carbonyl (C=O) groups is 1. The number of rotatable bonds is 6. The molecule has 4 nitrogen and oxygen atoms in total. The summed E-state index contributed by atoms with van der Waals surface area (Å²) in [6.07, 6.45) is 2.85. The van der Waals surface area contributed by atoms with Crippen molar-refractivity contribution in [2.24, 2.45) is 0 Å². The fourth-order valence-electron chi connectivity index (χ4n) is 2.60. The number of nitrogens with one attached hydrogen (secondary N) is 2. The van der Waals surface area contributed by atoms with E-state index in [0.29, 0.717) is 25.6 Å². The molecule has 0 spiro atoms. The first-order valence-corrected chi connectivity index (χ1v) is 7.34. The van der Waals surface area contributed by atoms with Gasteiger partial charge in [0.2, 0.25) is 5.91 Å². The van der Waals surface area contributed by atoms with Crippen molar-refractivity contribution in [3.05, 3.63) is 29.3 Å². The molecular weight excluding hydrogens is 288 g/mol. The lowest BCUT2D eigenvalue weighted by atomic mass is 10.1. The molecule has 0 radical (unpaired) electrons. The maximum Gasteiger partial charge on any atom is 0.221 e. The standard InChI is InChI=1S/C16H24N2O2.ClH/c1-12-8-13(2)10-15(9-12)20-7-6-18-16(19)11-14-4-3-5-17-14;/h8-10,14,17H,3-7,11H2,1-2H3,(H,18,19);1H. The van der Waals surface area contributed by atoms with Crippen LogP contribution in [0.3, 0.4) is 0 Å². The number of hydrogen-bond acceptors (Lipinski definition) is 3. The second-order valence-electron chi connectivity index (χ2n) is 5.52. The van der Waals surface area contributed by atoms with Gasteiger partial charge in [-0.25, -0.2) is 0 Å². The molecule has 1 aliphatic heterocycles. The Labute approximate surface area is 133 Å². The van der Waals surface area contributed by atoms with Crippen molar-refractivity contribution in [3.63, 3.8) is 0 Å². The molecule has 1 aromatic carbocycles. The predicted octanol–water partition coefficient (Wildman–Crippen LogP) is 2.36. The highest BCUT2D eigenvalue weighted by Crippen LogP contribution is 2.15. The quantitative estimate of drug-likeness (QED) is 0.793. The van der Waals surface area contributed by atoms with Crippen LogP contribution in [-0.2, 0) is 4.79 Å². The topological polar surface area (TPSA) is 50.4 Å². The molecule has 1 amide bonds. The van der Waals surface area contributed by atoms with Gasteiger partial charge in [0.25, 0.3) is 0 Å². The minimum atomic E-state index is 0. The summed E-state index contributed by atoms with van der Waals surface area (Å²) in [4.78, 5) is 11.7. The molecule has 1 saturated heterocycles. The molecular formula is C16H25ClN2O2. The molecule has 0 aliphatic carbocycles. The molecule has 1 aromatic rings. The van der Waals surface area contributed by atoms with Crippen molar-refractivity contribution >= 4 is 18.3 Å². The highest BCUT2D eigenvalue weighted by atomic mass is 35.5. The van der Waals surface area contributed by atoms with Gasteiger partial charge in [-0.1, -0.05) is 6.07 Å². The first kappa shape index (κ1) is 17.8. The van der Waals surface area contributed by atoms with Gasteiger partial charge in [-0.05, 0) is 56.5 Å². The van der Waals surface area contributed by atoms with E-state index in [9.17, 15) is 4.79 Å². The van der Waals surface area contributed by atoms with E-state index < -0.39 is 0 Å². The summed E-state index contributed by atoms with van der Waals surface area (Å²) in [6.45, 7) is 6.20. The summed E-state index contributed by atoms with van der Waals surface area (Å²) in [5.41, 5.74) is 2.38. The SMILES string of the molecule is Cc1cc(C)cc(OCCNC(=O)CC2CCCN2)c1.Cl. The Morgan fingerprint density at radius 1 is 1.33 bits per heavy atom. The largest absolute Gasteiger partial charge is 0.492 e. The van der Waals surface area contributed by atoms with Gasteiger partial charge < -0.3 is 15.4 Å². The van der Waals surface area contributed by atoms with Gasteiger partial charge >= 0.3 is 0 Å². The van der Waals surface area contributed by atoms with Crippen molar-refractivity contribution in [1.82, 2.24) is 10.6 Å². The smallest absolute Gasteiger partial charge is 0.221 e. The molecule has 118 valence electrons. The number of amides is 1. The summed E-state index contributed by atoms with van der Waals surface area (Å²) >= 11 is 0. The fourth-order valence-corrected chi connectivity index (χ4v) is 2.60. The molecule has 0 aromatic heterocycles. The van der Waals surface area contributed by atoms with Crippen LogP contribution >= 0.6 is 12.4 Å². The minimum absolute atomic E-state index is 0. The molecule has 2 N–H and O–H groups in total. The van der Waals surface area contributed by atoms with Crippen LogP contribution in [-0.4, -0.2) is 31.6 Å². The van der Waals surface area contributed by atoms with E-state index >= 15 is 0 Å². The van der Waals surface area contributed by atoms with E-state index in [1.54, 1.807) is 0 Å². The summed E-state index contributed by atoms with van der Waals surface area (Å²) in [6, 6.07) is 6.49. The van der Waals surface area contributed by atoms with Crippen LogP contribution < -0.4 is 15.4 Å². The van der Waals surface area contributed by atoms with Gasteiger partial charge in [-0.15, -0.1) is 12.4 Å². The highest BCUT2D eigenvalue weighted by molar-refractivity contribution is 5.85. The van der Waals surface area contributed by atoms with E-state index in [1.807, 2.05) is 12.1 Å². The Morgan fingerprint density at radius 2 is 2.05 bits per heavy atom. The van der Waals surface area contributed by atoms with Crippen molar-refractivity contribution in [3.8, 4) is 5.75 Å². The Kier molecular flexibility index (Phi) is 7.54. The molecule has 0 saturated carbocycles. The number of halogens is 1. The van der Waals surface area contributed by atoms with Gasteiger partial charge in [0.15, 0.2) is 0 Å². The van der Waals surface area contributed by atoms with Gasteiger partial charge in [0.1, 0.15) is 12.4 Å². The van der Waals surface area contributed by atoms with Crippen molar-refractivity contribution < 1.29 is 9.53 Å². The summed E-state index contributed by atoms with van der Waals surface area (Å²) in [5, 5.41) is 6.23. The second-order valence-corrected chi connectivity index (χ2v) is 5.52. The monoisotopic (exact) mass is 312 g/mol. The molecule has 1 aliphatic rings. The molecule has 1 heterocycles. The molecule has 5 heteroatoms. The van der Waals surface area contributed by atoms with Crippen molar-refractivity contribution in [1.29, 1.82) is 0 Å². The number of ether oxygens (including phenoxy) is 1. The third-order valence-corrected chi connectivity index (χ3v) is 3.48. The zero-order valence-corrected chi connectivity index (χ0v) is 13.6. The van der Waals surface area contributed by atoms with Gasteiger partial charge in [-0.2, -0.15) is 0 Å². The number of benzene rings is 1. The van der Waals surface area contributed by atoms with Gasteiger partial charge in [0, 0.05) is 12.5 Å². The van der Waals surface area contributed by atoms with Gasteiger partial charge in [0.05, 0.1) is 6.54 Å².